The lowest BCUT2D eigenvalue weighted by molar-refractivity contribution is -0.120. The van der Waals surface area contributed by atoms with Crippen molar-refractivity contribution >= 4 is 28.8 Å². The van der Waals surface area contributed by atoms with Crippen LogP contribution in [-0.2, 0) is 4.79 Å². The lowest BCUT2D eigenvalue weighted by atomic mass is 10.1. The number of benzene rings is 2. The fourth-order valence-corrected chi connectivity index (χ4v) is 3.48. The first kappa shape index (κ1) is 20.7. The number of carbonyl (C=O) groups excluding carboxylic acids is 3. The molecule has 0 bridgehead atoms. The minimum Gasteiger partial charge on any atom is -0.369 e. The molecule has 0 spiro atoms. The van der Waals surface area contributed by atoms with Gasteiger partial charge in [0.1, 0.15) is 0 Å². The molecule has 3 rings (SSSR count). The number of rotatable bonds is 6. The third kappa shape index (κ3) is 5.09. The van der Waals surface area contributed by atoms with Gasteiger partial charge in [0.25, 0.3) is 0 Å². The van der Waals surface area contributed by atoms with Crippen molar-refractivity contribution in [2.45, 2.75) is 26.8 Å². The van der Waals surface area contributed by atoms with E-state index in [-0.39, 0.29) is 23.5 Å². The molecule has 2 aromatic carbocycles. The van der Waals surface area contributed by atoms with Gasteiger partial charge in [-0.25, -0.2) is 0 Å². The Balaban J connectivity index is 1.53. The van der Waals surface area contributed by atoms with Gasteiger partial charge in [0.05, 0.1) is 6.04 Å². The standard InChI is InChI=1S/C23H27N3O3/c1-16(23(29)24-21-8-4-19(5-9-21)17(2)27)25-12-14-26(15-13-25)22-10-6-20(7-11-22)18(3)28/h4-11,16H,12-15H2,1-3H3,(H,24,29)/t16-/m0/s1. The van der Waals surface area contributed by atoms with Gasteiger partial charge >= 0.3 is 0 Å². The van der Waals surface area contributed by atoms with Crippen LogP contribution in [0.3, 0.4) is 0 Å². The van der Waals surface area contributed by atoms with E-state index in [1.54, 1.807) is 31.2 Å². The molecule has 0 radical (unpaired) electrons. The molecule has 6 heteroatoms. The number of hydrogen-bond acceptors (Lipinski definition) is 5. The minimum absolute atomic E-state index is 0.00467. The van der Waals surface area contributed by atoms with Gasteiger partial charge < -0.3 is 10.2 Å². The molecule has 1 N–H and O–H groups in total. The molecule has 0 aromatic heterocycles. The van der Waals surface area contributed by atoms with Crippen molar-refractivity contribution in [2.24, 2.45) is 0 Å². The molecule has 1 aliphatic rings. The Morgan fingerprint density at radius 3 is 1.76 bits per heavy atom. The highest BCUT2D eigenvalue weighted by Gasteiger charge is 2.25. The zero-order valence-corrected chi connectivity index (χ0v) is 17.1. The Morgan fingerprint density at radius 2 is 1.28 bits per heavy atom. The molecule has 1 fully saturated rings. The van der Waals surface area contributed by atoms with Gasteiger partial charge in [-0.1, -0.05) is 0 Å². The van der Waals surface area contributed by atoms with Crippen molar-refractivity contribution in [3.63, 3.8) is 0 Å². The molecule has 1 saturated heterocycles. The molecule has 0 saturated carbocycles. The monoisotopic (exact) mass is 393 g/mol. The van der Waals surface area contributed by atoms with Crippen molar-refractivity contribution in [3.8, 4) is 0 Å². The molecule has 1 aliphatic heterocycles. The molecule has 6 nitrogen and oxygen atoms in total. The number of carbonyl (C=O) groups is 3. The van der Waals surface area contributed by atoms with Gasteiger partial charge in [0, 0.05) is 48.7 Å². The molecule has 0 aliphatic carbocycles. The maximum atomic E-state index is 12.6. The number of nitrogens with one attached hydrogen (secondary N) is 1. The third-order valence-corrected chi connectivity index (χ3v) is 5.44. The van der Waals surface area contributed by atoms with E-state index in [0.717, 1.165) is 31.9 Å². The number of piperazine rings is 1. The minimum atomic E-state index is -0.246. The first-order valence-electron chi connectivity index (χ1n) is 9.87. The van der Waals surface area contributed by atoms with Crippen molar-refractivity contribution in [1.29, 1.82) is 0 Å². The predicted molar refractivity (Wildman–Crippen MR) is 115 cm³/mol. The van der Waals surface area contributed by atoms with Gasteiger partial charge in [-0.15, -0.1) is 0 Å². The van der Waals surface area contributed by atoms with Crippen LogP contribution >= 0.6 is 0 Å². The maximum absolute atomic E-state index is 12.6. The molecule has 1 atom stereocenters. The number of amides is 1. The lowest BCUT2D eigenvalue weighted by Crippen LogP contribution is -2.52. The highest BCUT2D eigenvalue weighted by atomic mass is 16.2. The lowest BCUT2D eigenvalue weighted by Gasteiger charge is -2.38. The highest BCUT2D eigenvalue weighted by Crippen LogP contribution is 2.19. The van der Waals surface area contributed by atoms with Gasteiger partial charge in [-0.05, 0) is 69.3 Å². The Labute approximate surface area is 171 Å². The second-order valence-corrected chi connectivity index (χ2v) is 7.42. The van der Waals surface area contributed by atoms with Gasteiger partial charge in [-0.2, -0.15) is 0 Å². The van der Waals surface area contributed by atoms with Crippen LogP contribution in [0.5, 0.6) is 0 Å². The molecular weight excluding hydrogens is 366 g/mol. The highest BCUT2D eigenvalue weighted by molar-refractivity contribution is 5.97. The fraction of sp³-hybridized carbons (Fsp3) is 0.348. The van der Waals surface area contributed by atoms with Crippen molar-refractivity contribution in [1.82, 2.24) is 4.90 Å². The molecule has 0 unspecified atom stereocenters. The van der Waals surface area contributed by atoms with Crippen molar-refractivity contribution in [2.75, 3.05) is 36.4 Å². The summed E-state index contributed by atoms with van der Waals surface area (Å²) >= 11 is 0. The first-order valence-corrected chi connectivity index (χ1v) is 9.87. The smallest absolute Gasteiger partial charge is 0.241 e. The number of hydrogen-bond donors (Lipinski definition) is 1. The Kier molecular flexibility index (Phi) is 6.44. The van der Waals surface area contributed by atoms with Gasteiger partial charge in [0.2, 0.25) is 5.91 Å². The number of nitrogens with zero attached hydrogens (tertiary/aromatic N) is 2. The van der Waals surface area contributed by atoms with Crippen LogP contribution in [0.1, 0.15) is 41.5 Å². The Morgan fingerprint density at radius 1 is 0.793 bits per heavy atom. The SMILES string of the molecule is CC(=O)c1ccc(NC(=O)[C@H](C)N2CCN(c3ccc(C(C)=O)cc3)CC2)cc1. The fourth-order valence-electron chi connectivity index (χ4n) is 3.48. The van der Waals surface area contributed by atoms with Crippen molar-refractivity contribution < 1.29 is 14.4 Å². The summed E-state index contributed by atoms with van der Waals surface area (Å²) in [6, 6.07) is 14.4. The average Bonchev–Trinajstić information content (AvgIpc) is 2.73. The van der Waals surface area contributed by atoms with Crippen LogP contribution in [0.2, 0.25) is 0 Å². The van der Waals surface area contributed by atoms with Crippen LogP contribution in [-0.4, -0.2) is 54.6 Å². The Hall–Kier alpha value is -2.99. The second-order valence-electron chi connectivity index (χ2n) is 7.42. The molecular formula is C23H27N3O3. The average molecular weight is 393 g/mol. The number of Topliss-reactive ketones (excluding diaryl/α,β-unsaturated/α-hetero) is 2. The molecule has 1 heterocycles. The summed E-state index contributed by atoms with van der Waals surface area (Å²) in [5.74, 6) is 0.0158. The van der Waals surface area contributed by atoms with Crippen molar-refractivity contribution in [3.05, 3.63) is 59.7 Å². The van der Waals surface area contributed by atoms with E-state index >= 15 is 0 Å². The third-order valence-electron chi connectivity index (χ3n) is 5.44. The van der Waals surface area contributed by atoms with Crippen LogP contribution < -0.4 is 10.2 Å². The molecule has 152 valence electrons. The van der Waals surface area contributed by atoms with Gasteiger partial charge in [-0.3, -0.25) is 19.3 Å². The van der Waals surface area contributed by atoms with Crippen LogP contribution in [0.25, 0.3) is 0 Å². The summed E-state index contributed by atoms with van der Waals surface area (Å²) in [7, 11) is 0. The first-order chi connectivity index (χ1) is 13.8. The summed E-state index contributed by atoms with van der Waals surface area (Å²) in [4.78, 5) is 39.8. The van der Waals surface area contributed by atoms with E-state index in [1.807, 2.05) is 31.2 Å². The largest absolute Gasteiger partial charge is 0.369 e. The Bertz CT molecular complexity index is 883. The van der Waals surface area contributed by atoms with E-state index in [9.17, 15) is 14.4 Å². The summed E-state index contributed by atoms with van der Waals surface area (Å²) < 4.78 is 0. The number of ketones is 2. The van der Waals surface area contributed by atoms with E-state index in [0.29, 0.717) is 16.8 Å². The molecule has 2 aromatic rings. The summed E-state index contributed by atoms with van der Waals surface area (Å²) in [6.07, 6.45) is 0. The van der Waals surface area contributed by atoms with E-state index in [4.69, 9.17) is 0 Å². The molecule has 1 amide bonds. The van der Waals surface area contributed by atoms with E-state index in [2.05, 4.69) is 15.1 Å². The number of anilines is 2. The van der Waals surface area contributed by atoms with Crippen LogP contribution in [0.15, 0.2) is 48.5 Å². The van der Waals surface area contributed by atoms with Gasteiger partial charge in [0.15, 0.2) is 11.6 Å². The quantitative estimate of drug-likeness (QED) is 0.763. The summed E-state index contributed by atoms with van der Waals surface area (Å²) in [6.45, 7) is 8.22. The molecule has 29 heavy (non-hydrogen) atoms. The predicted octanol–water partition coefficient (Wildman–Crippen LogP) is 3.24. The normalized spacial score (nSPS) is 15.6. The summed E-state index contributed by atoms with van der Waals surface area (Å²) in [5, 5.41) is 2.93. The zero-order valence-electron chi connectivity index (χ0n) is 17.1. The van der Waals surface area contributed by atoms with Crippen LogP contribution in [0, 0.1) is 0 Å². The topological polar surface area (TPSA) is 69.7 Å². The maximum Gasteiger partial charge on any atom is 0.241 e. The van der Waals surface area contributed by atoms with E-state index < -0.39 is 0 Å². The van der Waals surface area contributed by atoms with E-state index in [1.165, 1.54) is 6.92 Å². The zero-order chi connectivity index (χ0) is 21.0. The second kappa shape index (κ2) is 9.01. The summed E-state index contributed by atoms with van der Waals surface area (Å²) in [5.41, 5.74) is 3.13. The van der Waals surface area contributed by atoms with Crippen LogP contribution in [0.4, 0.5) is 11.4 Å².